The van der Waals surface area contributed by atoms with Crippen molar-refractivity contribution in [2.75, 3.05) is 4.72 Å². The summed E-state index contributed by atoms with van der Waals surface area (Å²) in [6.45, 7) is 8.15. The van der Waals surface area contributed by atoms with Gasteiger partial charge in [-0.1, -0.05) is 48.5 Å². The zero-order valence-corrected chi connectivity index (χ0v) is 23.7. The second kappa shape index (κ2) is 10.8. The molecule has 0 unspecified atom stereocenters. The number of benzene rings is 2. The Morgan fingerprint density at radius 1 is 1.03 bits per heavy atom. The predicted octanol–water partition coefficient (Wildman–Crippen LogP) is 6.17. The number of ketones is 1. The van der Waals surface area contributed by atoms with Crippen LogP contribution in [0.3, 0.4) is 0 Å². The molecule has 0 radical (unpaired) electrons. The molecule has 0 amide bonds. The van der Waals surface area contributed by atoms with Gasteiger partial charge in [-0.3, -0.25) is 9.52 Å². The topological polar surface area (TPSA) is 107 Å². The van der Waals surface area contributed by atoms with E-state index in [1.165, 1.54) is 0 Å². The van der Waals surface area contributed by atoms with E-state index in [1.807, 2.05) is 31.2 Å². The molecule has 39 heavy (non-hydrogen) atoms. The van der Waals surface area contributed by atoms with Crippen molar-refractivity contribution >= 4 is 21.6 Å². The fourth-order valence-corrected chi connectivity index (χ4v) is 6.53. The predicted molar refractivity (Wildman–Crippen MR) is 151 cm³/mol. The van der Waals surface area contributed by atoms with Crippen LogP contribution in [0.5, 0.6) is 0 Å². The molecule has 1 aliphatic rings. The van der Waals surface area contributed by atoms with E-state index in [1.54, 1.807) is 26.0 Å². The molecule has 2 aromatic carbocycles. The first-order chi connectivity index (χ1) is 18.7. The first-order valence-corrected chi connectivity index (χ1v) is 14.9. The lowest BCUT2D eigenvalue weighted by atomic mass is 9.98. The van der Waals surface area contributed by atoms with Crippen molar-refractivity contribution in [2.24, 2.45) is 0 Å². The number of imidazole rings is 1. The van der Waals surface area contributed by atoms with Gasteiger partial charge in [0.15, 0.2) is 11.6 Å². The summed E-state index contributed by atoms with van der Waals surface area (Å²) in [5.41, 5.74) is 5.75. The number of anilines is 1. The number of hydrogen-bond donors (Lipinski definition) is 1. The largest absolute Gasteiger partial charge is 0.359 e. The van der Waals surface area contributed by atoms with Gasteiger partial charge in [0.1, 0.15) is 17.3 Å². The molecule has 0 saturated carbocycles. The van der Waals surface area contributed by atoms with Crippen molar-refractivity contribution in [3.05, 3.63) is 82.1 Å². The van der Waals surface area contributed by atoms with Crippen LogP contribution in [0.4, 0.5) is 5.82 Å². The number of carbonyl (C=O) groups is 1. The minimum absolute atomic E-state index is 0.164. The molecule has 1 N–H and O–H groups in total. The number of carbonyl (C=O) groups excluding carboxylic acids is 1. The Kier molecular flexibility index (Phi) is 7.44. The van der Waals surface area contributed by atoms with Gasteiger partial charge >= 0.3 is 0 Å². The first kappa shape index (κ1) is 26.9. The van der Waals surface area contributed by atoms with E-state index in [0.717, 1.165) is 66.0 Å². The van der Waals surface area contributed by atoms with E-state index in [4.69, 9.17) is 9.51 Å². The highest BCUT2D eigenvalue weighted by molar-refractivity contribution is 7.92. The number of rotatable bonds is 8. The van der Waals surface area contributed by atoms with Gasteiger partial charge in [-0.2, -0.15) is 0 Å². The van der Waals surface area contributed by atoms with Crippen LogP contribution in [0, 0.1) is 20.8 Å². The van der Waals surface area contributed by atoms with Crippen LogP contribution in [0.15, 0.2) is 51.9 Å². The highest BCUT2D eigenvalue weighted by Gasteiger charge is 2.26. The van der Waals surface area contributed by atoms with Crippen LogP contribution in [-0.2, 0) is 29.4 Å². The lowest BCUT2D eigenvalue weighted by molar-refractivity contribution is 0.0973. The molecule has 9 heteroatoms. The molecule has 1 aliphatic carbocycles. The van der Waals surface area contributed by atoms with Gasteiger partial charge < -0.3 is 9.09 Å². The normalized spacial score (nSPS) is 13.8. The summed E-state index contributed by atoms with van der Waals surface area (Å²) in [4.78, 5) is 18.0. The lowest BCUT2D eigenvalue weighted by Gasteiger charge is -2.16. The fourth-order valence-electron chi connectivity index (χ4n) is 5.25. The van der Waals surface area contributed by atoms with Crippen LogP contribution in [0.2, 0.25) is 0 Å². The van der Waals surface area contributed by atoms with Crippen LogP contribution in [-0.4, -0.2) is 28.9 Å². The second-order valence-corrected chi connectivity index (χ2v) is 11.9. The molecular formula is C30H34N4O4S. The Bertz CT molecular complexity index is 1650. The number of aromatic nitrogens is 3. The minimum Gasteiger partial charge on any atom is -0.359 e. The molecule has 0 spiro atoms. The van der Waals surface area contributed by atoms with Gasteiger partial charge in [0, 0.05) is 30.5 Å². The molecular weight excluding hydrogens is 512 g/mol. The maximum atomic E-state index is 13.4. The number of fused-ring (bicyclic) bond motifs is 1. The van der Waals surface area contributed by atoms with E-state index >= 15 is 0 Å². The average molecular weight is 547 g/mol. The van der Waals surface area contributed by atoms with E-state index < -0.39 is 10.0 Å². The molecule has 0 saturated heterocycles. The molecule has 0 atom stereocenters. The number of nitrogens with zero attached hydrogens (tertiary/aromatic N) is 3. The van der Waals surface area contributed by atoms with Crippen molar-refractivity contribution in [3.8, 4) is 11.1 Å². The van der Waals surface area contributed by atoms with E-state index in [-0.39, 0.29) is 16.5 Å². The first-order valence-electron chi connectivity index (χ1n) is 13.5. The van der Waals surface area contributed by atoms with Crippen LogP contribution in [0.1, 0.15) is 77.1 Å². The molecule has 204 valence electrons. The van der Waals surface area contributed by atoms with Crippen molar-refractivity contribution in [1.82, 2.24) is 14.7 Å². The summed E-state index contributed by atoms with van der Waals surface area (Å²) < 4.78 is 36.6. The fraction of sp³-hybridized carbons (Fsp3) is 0.367. The highest BCUT2D eigenvalue weighted by atomic mass is 32.2. The molecule has 2 heterocycles. The summed E-state index contributed by atoms with van der Waals surface area (Å²) in [7, 11) is -3.92. The maximum absolute atomic E-state index is 13.4. The summed E-state index contributed by atoms with van der Waals surface area (Å²) in [5.74, 6) is 1.88. The molecule has 0 fully saturated rings. The standard InChI is InChI=1S/C30H34N4O4S/c1-5-10-28-31-25-12-7-8-13-26(35)29(25)34(28)18-22-15-16-23(19(2)17-22)24-11-6-9-14-27(24)39(36,37)33-30-20(3)21(4)38-32-30/h6,9,11,14-17H,5,7-8,10,12-13,18H2,1-4H3,(H,32,33). The molecule has 5 rings (SSSR count). The zero-order chi connectivity index (χ0) is 27.7. The van der Waals surface area contributed by atoms with E-state index in [2.05, 4.69) is 27.4 Å². The Labute approximate surface area is 229 Å². The Hall–Kier alpha value is -3.72. The van der Waals surface area contributed by atoms with Gasteiger partial charge in [-0.15, -0.1) is 0 Å². The van der Waals surface area contributed by atoms with Crippen LogP contribution >= 0.6 is 0 Å². The Morgan fingerprint density at radius 3 is 2.51 bits per heavy atom. The van der Waals surface area contributed by atoms with Gasteiger partial charge in [0.25, 0.3) is 10.0 Å². The maximum Gasteiger partial charge on any atom is 0.263 e. The van der Waals surface area contributed by atoms with Crippen molar-refractivity contribution in [1.29, 1.82) is 0 Å². The molecule has 4 aromatic rings. The highest BCUT2D eigenvalue weighted by Crippen LogP contribution is 2.33. The van der Waals surface area contributed by atoms with Gasteiger partial charge in [-0.25, -0.2) is 13.4 Å². The third-order valence-electron chi connectivity index (χ3n) is 7.41. The van der Waals surface area contributed by atoms with E-state index in [0.29, 0.717) is 29.9 Å². The summed E-state index contributed by atoms with van der Waals surface area (Å²) in [6.07, 6.45) is 5.07. The molecule has 0 bridgehead atoms. The number of Topliss-reactive ketones (excluding diaryl/α,β-unsaturated/α-hetero) is 1. The second-order valence-electron chi connectivity index (χ2n) is 10.3. The zero-order valence-electron chi connectivity index (χ0n) is 22.9. The van der Waals surface area contributed by atoms with Gasteiger partial charge in [0.2, 0.25) is 0 Å². The number of hydrogen-bond acceptors (Lipinski definition) is 6. The third-order valence-corrected chi connectivity index (χ3v) is 8.81. The quantitative estimate of drug-likeness (QED) is 0.265. The monoisotopic (exact) mass is 546 g/mol. The summed E-state index contributed by atoms with van der Waals surface area (Å²) in [5, 5.41) is 3.86. The Balaban J connectivity index is 1.49. The van der Waals surface area contributed by atoms with E-state index in [9.17, 15) is 13.2 Å². The van der Waals surface area contributed by atoms with Crippen LogP contribution in [0.25, 0.3) is 11.1 Å². The Morgan fingerprint density at radius 2 is 1.79 bits per heavy atom. The smallest absolute Gasteiger partial charge is 0.263 e. The minimum atomic E-state index is -3.92. The van der Waals surface area contributed by atoms with Gasteiger partial charge in [0.05, 0.1) is 10.6 Å². The lowest BCUT2D eigenvalue weighted by Crippen LogP contribution is -2.15. The molecule has 2 aromatic heterocycles. The molecule has 8 nitrogen and oxygen atoms in total. The number of nitrogens with one attached hydrogen (secondary N) is 1. The van der Waals surface area contributed by atoms with Crippen molar-refractivity contribution in [3.63, 3.8) is 0 Å². The molecule has 0 aliphatic heterocycles. The number of sulfonamides is 1. The van der Waals surface area contributed by atoms with Crippen molar-refractivity contribution in [2.45, 2.75) is 77.7 Å². The average Bonchev–Trinajstić information content (AvgIpc) is 3.33. The van der Waals surface area contributed by atoms with Crippen molar-refractivity contribution < 1.29 is 17.7 Å². The third kappa shape index (κ3) is 5.28. The summed E-state index contributed by atoms with van der Waals surface area (Å²) in [6, 6.07) is 13.0. The summed E-state index contributed by atoms with van der Waals surface area (Å²) >= 11 is 0. The number of aryl methyl sites for hydroxylation is 4. The van der Waals surface area contributed by atoms with Gasteiger partial charge in [-0.05, 0) is 69.2 Å². The SMILES string of the molecule is CCCc1nc2c(n1Cc1ccc(-c3ccccc3S(=O)(=O)Nc3noc(C)c3C)c(C)c1)C(=O)CCCC2. The van der Waals surface area contributed by atoms with Crippen LogP contribution < -0.4 is 4.72 Å².